The van der Waals surface area contributed by atoms with Gasteiger partial charge in [-0.15, -0.1) is 0 Å². The van der Waals surface area contributed by atoms with E-state index in [0.29, 0.717) is 5.91 Å². The standard InChI is InChI=1S/C11H21NO.C2H6/c1-4-10(3)11(13)12-7-5-9(2)6-8-12;1-2/h9-10H,4-8H2,1-3H3;1-2H3. The van der Waals surface area contributed by atoms with Crippen LogP contribution < -0.4 is 0 Å². The number of amides is 1. The molecule has 1 heterocycles. The molecule has 1 atom stereocenters. The Labute approximate surface area is 95.0 Å². The smallest absolute Gasteiger partial charge is 0.225 e. The monoisotopic (exact) mass is 213 g/mol. The molecule has 2 heteroatoms. The molecule has 1 saturated heterocycles. The van der Waals surface area contributed by atoms with Gasteiger partial charge in [0.05, 0.1) is 0 Å². The summed E-state index contributed by atoms with van der Waals surface area (Å²) >= 11 is 0. The predicted octanol–water partition coefficient (Wildman–Crippen LogP) is 3.32. The van der Waals surface area contributed by atoms with Gasteiger partial charge in [0.25, 0.3) is 0 Å². The van der Waals surface area contributed by atoms with Crippen molar-refractivity contribution in [2.45, 2.75) is 53.9 Å². The Morgan fingerprint density at radius 2 is 1.80 bits per heavy atom. The molecule has 0 bridgehead atoms. The fourth-order valence-electron chi connectivity index (χ4n) is 1.72. The van der Waals surface area contributed by atoms with Crippen LogP contribution in [-0.2, 0) is 4.79 Å². The van der Waals surface area contributed by atoms with Gasteiger partial charge in [-0.1, -0.05) is 34.6 Å². The fourth-order valence-corrected chi connectivity index (χ4v) is 1.72. The summed E-state index contributed by atoms with van der Waals surface area (Å²) in [6.45, 7) is 12.3. The van der Waals surface area contributed by atoms with E-state index in [9.17, 15) is 4.79 Å². The molecule has 0 aromatic carbocycles. The summed E-state index contributed by atoms with van der Waals surface area (Å²) < 4.78 is 0. The van der Waals surface area contributed by atoms with E-state index in [1.165, 1.54) is 12.8 Å². The first kappa shape index (κ1) is 14.5. The maximum Gasteiger partial charge on any atom is 0.225 e. The summed E-state index contributed by atoms with van der Waals surface area (Å²) in [7, 11) is 0. The Kier molecular flexibility index (Phi) is 7.45. The zero-order valence-corrected chi connectivity index (χ0v) is 11.0. The number of carbonyl (C=O) groups excluding carboxylic acids is 1. The van der Waals surface area contributed by atoms with Crippen LogP contribution >= 0.6 is 0 Å². The Balaban J connectivity index is 0.000000921. The van der Waals surface area contributed by atoms with E-state index in [4.69, 9.17) is 0 Å². The van der Waals surface area contributed by atoms with Gasteiger partial charge in [0.15, 0.2) is 0 Å². The number of rotatable bonds is 2. The van der Waals surface area contributed by atoms with Gasteiger partial charge in [0, 0.05) is 19.0 Å². The second-order valence-corrected chi connectivity index (χ2v) is 4.32. The van der Waals surface area contributed by atoms with E-state index in [1.54, 1.807) is 0 Å². The molecule has 1 unspecified atom stereocenters. The highest BCUT2D eigenvalue weighted by atomic mass is 16.2. The molecule has 0 radical (unpaired) electrons. The van der Waals surface area contributed by atoms with Gasteiger partial charge in [-0.05, 0) is 25.2 Å². The molecule has 0 spiro atoms. The molecule has 1 rings (SSSR count). The lowest BCUT2D eigenvalue weighted by Crippen LogP contribution is -2.40. The molecule has 1 aliphatic heterocycles. The van der Waals surface area contributed by atoms with Crippen LogP contribution in [0.2, 0.25) is 0 Å². The first-order valence-corrected chi connectivity index (χ1v) is 6.44. The number of hydrogen-bond donors (Lipinski definition) is 0. The molecule has 1 fully saturated rings. The summed E-state index contributed by atoms with van der Waals surface area (Å²) in [5, 5.41) is 0. The highest BCUT2D eigenvalue weighted by Crippen LogP contribution is 2.18. The van der Waals surface area contributed by atoms with Crippen LogP contribution in [0.3, 0.4) is 0 Å². The first-order valence-electron chi connectivity index (χ1n) is 6.44. The van der Waals surface area contributed by atoms with Gasteiger partial charge >= 0.3 is 0 Å². The maximum absolute atomic E-state index is 11.8. The number of carbonyl (C=O) groups is 1. The lowest BCUT2D eigenvalue weighted by atomic mass is 9.97. The van der Waals surface area contributed by atoms with E-state index in [2.05, 4.69) is 13.8 Å². The Morgan fingerprint density at radius 3 is 2.20 bits per heavy atom. The summed E-state index contributed by atoms with van der Waals surface area (Å²) in [6.07, 6.45) is 3.33. The Hall–Kier alpha value is -0.530. The van der Waals surface area contributed by atoms with Crippen LogP contribution in [0, 0.1) is 11.8 Å². The quantitative estimate of drug-likeness (QED) is 0.689. The van der Waals surface area contributed by atoms with E-state index in [0.717, 1.165) is 25.4 Å². The average molecular weight is 213 g/mol. The van der Waals surface area contributed by atoms with Crippen molar-refractivity contribution in [3.8, 4) is 0 Å². The second kappa shape index (κ2) is 7.72. The zero-order valence-electron chi connectivity index (χ0n) is 11.0. The number of hydrogen-bond acceptors (Lipinski definition) is 1. The van der Waals surface area contributed by atoms with Crippen molar-refractivity contribution in [2.75, 3.05) is 13.1 Å². The molecule has 0 aromatic heterocycles. The summed E-state index contributed by atoms with van der Waals surface area (Å²) in [6, 6.07) is 0. The highest BCUT2D eigenvalue weighted by Gasteiger charge is 2.22. The fraction of sp³-hybridized carbons (Fsp3) is 0.923. The van der Waals surface area contributed by atoms with Crippen molar-refractivity contribution in [1.82, 2.24) is 4.90 Å². The van der Waals surface area contributed by atoms with E-state index in [1.807, 2.05) is 25.7 Å². The third kappa shape index (κ3) is 4.67. The molecular weight excluding hydrogens is 186 g/mol. The summed E-state index contributed by atoms with van der Waals surface area (Å²) in [5.41, 5.74) is 0. The van der Waals surface area contributed by atoms with Crippen molar-refractivity contribution >= 4 is 5.91 Å². The van der Waals surface area contributed by atoms with Crippen LogP contribution in [0.25, 0.3) is 0 Å². The van der Waals surface area contributed by atoms with E-state index < -0.39 is 0 Å². The average Bonchev–Trinajstić information content (AvgIpc) is 2.31. The van der Waals surface area contributed by atoms with E-state index >= 15 is 0 Å². The third-order valence-electron chi connectivity index (χ3n) is 3.13. The summed E-state index contributed by atoms with van der Waals surface area (Å²) in [4.78, 5) is 13.8. The largest absolute Gasteiger partial charge is 0.342 e. The van der Waals surface area contributed by atoms with Crippen molar-refractivity contribution in [3.63, 3.8) is 0 Å². The van der Waals surface area contributed by atoms with Gasteiger partial charge in [-0.3, -0.25) is 4.79 Å². The molecule has 0 aromatic rings. The van der Waals surface area contributed by atoms with Crippen molar-refractivity contribution in [1.29, 1.82) is 0 Å². The molecule has 90 valence electrons. The predicted molar refractivity (Wildman–Crippen MR) is 65.8 cm³/mol. The number of likely N-dealkylation sites (tertiary alicyclic amines) is 1. The van der Waals surface area contributed by atoms with Gasteiger partial charge in [0.1, 0.15) is 0 Å². The normalized spacial score (nSPS) is 19.1. The minimum atomic E-state index is 0.216. The lowest BCUT2D eigenvalue weighted by Gasteiger charge is -2.32. The van der Waals surface area contributed by atoms with Gasteiger partial charge in [-0.2, -0.15) is 0 Å². The molecule has 1 aliphatic rings. The van der Waals surface area contributed by atoms with Crippen molar-refractivity contribution < 1.29 is 4.79 Å². The topological polar surface area (TPSA) is 20.3 Å². The van der Waals surface area contributed by atoms with Crippen LogP contribution in [0.15, 0.2) is 0 Å². The van der Waals surface area contributed by atoms with Crippen LogP contribution in [0.4, 0.5) is 0 Å². The van der Waals surface area contributed by atoms with Gasteiger partial charge in [-0.25, -0.2) is 0 Å². The minimum absolute atomic E-state index is 0.216. The molecule has 1 amide bonds. The zero-order chi connectivity index (χ0) is 11.8. The first-order chi connectivity index (χ1) is 7.15. The van der Waals surface area contributed by atoms with Crippen molar-refractivity contribution in [2.24, 2.45) is 11.8 Å². The second-order valence-electron chi connectivity index (χ2n) is 4.32. The van der Waals surface area contributed by atoms with Gasteiger partial charge < -0.3 is 4.90 Å². The summed E-state index contributed by atoms with van der Waals surface area (Å²) in [5.74, 6) is 1.38. The lowest BCUT2D eigenvalue weighted by molar-refractivity contribution is -0.136. The SMILES string of the molecule is CC.CCC(C)C(=O)N1CCC(C)CC1. The van der Waals surface area contributed by atoms with E-state index in [-0.39, 0.29) is 5.92 Å². The number of piperidine rings is 1. The van der Waals surface area contributed by atoms with Crippen molar-refractivity contribution in [3.05, 3.63) is 0 Å². The van der Waals surface area contributed by atoms with Crippen LogP contribution in [-0.4, -0.2) is 23.9 Å². The molecule has 0 N–H and O–H groups in total. The molecular formula is C13H27NO. The Bertz CT molecular complexity index is 171. The molecule has 15 heavy (non-hydrogen) atoms. The molecule has 0 saturated carbocycles. The molecule has 0 aliphatic carbocycles. The minimum Gasteiger partial charge on any atom is -0.342 e. The third-order valence-corrected chi connectivity index (χ3v) is 3.13. The van der Waals surface area contributed by atoms with Crippen LogP contribution in [0.1, 0.15) is 53.9 Å². The Morgan fingerprint density at radius 1 is 1.33 bits per heavy atom. The van der Waals surface area contributed by atoms with Gasteiger partial charge in [0.2, 0.25) is 5.91 Å². The maximum atomic E-state index is 11.8. The number of nitrogens with zero attached hydrogens (tertiary/aromatic N) is 1. The van der Waals surface area contributed by atoms with Crippen LogP contribution in [0.5, 0.6) is 0 Å². The highest BCUT2D eigenvalue weighted by molar-refractivity contribution is 5.78. The molecule has 2 nitrogen and oxygen atoms in total.